The zero-order valence-corrected chi connectivity index (χ0v) is 18.5. The van der Waals surface area contributed by atoms with E-state index >= 15 is 0 Å². The Balaban J connectivity index is 1.72. The fourth-order valence-electron chi connectivity index (χ4n) is 3.48. The van der Waals surface area contributed by atoms with Crippen LogP contribution in [0, 0.1) is 5.82 Å². The summed E-state index contributed by atoms with van der Waals surface area (Å²) in [7, 11) is 0. The molecule has 8 heteroatoms. The number of aliphatic imine (C=N–C) groups is 1. The molecule has 158 valence electrons. The van der Waals surface area contributed by atoms with Crippen molar-refractivity contribution in [3.8, 4) is 0 Å². The van der Waals surface area contributed by atoms with Crippen LogP contribution in [0.25, 0.3) is 0 Å². The summed E-state index contributed by atoms with van der Waals surface area (Å²) in [5.74, 6) is -0.115. The van der Waals surface area contributed by atoms with Crippen molar-refractivity contribution in [2.75, 3.05) is 0 Å². The van der Waals surface area contributed by atoms with Crippen LogP contribution in [0.2, 0.25) is 5.02 Å². The number of allylic oxidation sites excluding steroid dienone is 1. The number of amides is 1. The third-order valence-corrected chi connectivity index (χ3v) is 6.16. The second-order valence-corrected chi connectivity index (χ2v) is 8.47. The molecule has 0 aliphatic carbocycles. The van der Waals surface area contributed by atoms with E-state index in [0.29, 0.717) is 22.7 Å². The Hall–Kier alpha value is -3.03. The highest BCUT2D eigenvalue weighted by Crippen LogP contribution is 2.36. The van der Waals surface area contributed by atoms with Crippen LogP contribution in [0.1, 0.15) is 41.9 Å². The van der Waals surface area contributed by atoms with Crippen LogP contribution in [-0.4, -0.2) is 16.7 Å². The Kier molecular flexibility index (Phi) is 6.15. The number of nitrogens with zero attached hydrogens (tertiary/aromatic N) is 2. The molecular weight excluding hydrogens is 435 g/mol. The summed E-state index contributed by atoms with van der Waals surface area (Å²) in [6.07, 6.45) is 1.70. The minimum Gasteiger partial charge on any atom is -0.346 e. The molecule has 0 fully saturated rings. The maximum atomic E-state index is 13.7. The summed E-state index contributed by atoms with van der Waals surface area (Å²) >= 11 is 7.79. The van der Waals surface area contributed by atoms with Gasteiger partial charge in [-0.15, -0.1) is 11.3 Å². The highest BCUT2D eigenvalue weighted by molar-refractivity contribution is 7.11. The summed E-state index contributed by atoms with van der Waals surface area (Å²) in [5, 5.41) is 6.48. The lowest BCUT2D eigenvalue weighted by Gasteiger charge is -2.28. The molecule has 1 amide bonds. The van der Waals surface area contributed by atoms with Crippen LogP contribution in [0.3, 0.4) is 0 Å². The largest absolute Gasteiger partial charge is 0.346 e. The highest BCUT2D eigenvalue weighted by Gasteiger charge is 2.32. The van der Waals surface area contributed by atoms with Crippen molar-refractivity contribution in [1.29, 1.82) is 0 Å². The summed E-state index contributed by atoms with van der Waals surface area (Å²) in [5.41, 5.74) is 4.35. The van der Waals surface area contributed by atoms with E-state index in [1.165, 1.54) is 23.5 Å². The third-order valence-electron chi connectivity index (χ3n) is 5.06. The van der Waals surface area contributed by atoms with Crippen molar-refractivity contribution >= 4 is 34.7 Å². The minimum atomic E-state index is -0.686. The molecule has 0 radical (unpaired) electrons. The fourth-order valence-corrected chi connectivity index (χ4v) is 4.32. The maximum absolute atomic E-state index is 13.7. The van der Waals surface area contributed by atoms with Gasteiger partial charge in [0.2, 0.25) is 0 Å². The minimum absolute atomic E-state index is 0.204. The Morgan fingerprint density at radius 1 is 1.26 bits per heavy atom. The maximum Gasteiger partial charge on any atom is 0.251 e. The lowest BCUT2D eigenvalue weighted by molar-refractivity contribution is -0.118. The van der Waals surface area contributed by atoms with E-state index in [9.17, 15) is 9.18 Å². The van der Waals surface area contributed by atoms with Crippen LogP contribution < -0.4 is 10.6 Å². The van der Waals surface area contributed by atoms with E-state index in [4.69, 9.17) is 16.6 Å². The molecule has 0 bridgehead atoms. The van der Waals surface area contributed by atoms with Gasteiger partial charge in [0.25, 0.3) is 5.91 Å². The van der Waals surface area contributed by atoms with Crippen molar-refractivity contribution < 1.29 is 9.18 Å². The van der Waals surface area contributed by atoms with Gasteiger partial charge in [-0.1, -0.05) is 48.0 Å². The number of carbonyl (C=O) groups excluding carboxylic acids is 1. The molecule has 1 aliphatic heterocycles. The Morgan fingerprint density at radius 3 is 2.71 bits per heavy atom. The number of hydrogen-bond acceptors (Lipinski definition) is 5. The molecule has 2 aromatic carbocycles. The summed E-state index contributed by atoms with van der Waals surface area (Å²) in [6.45, 7) is 3.74. The molecule has 2 N–H and O–H groups in total. The zero-order chi connectivity index (χ0) is 22.0. The zero-order valence-electron chi connectivity index (χ0n) is 16.9. The Bertz CT molecular complexity index is 1160. The molecule has 3 aromatic rings. The smallest absolute Gasteiger partial charge is 0.251 e. The molecule has 1 unspecified atom stereocenters. The molecule has 2 atom stereocenters. The first-order chi connectivity index (χ1) is 14.9. The van der Waals surface area contributed by atoms with Gasteiger partial charge in [0, 0.05) is 22.5 Å². The van der Waals surface area contributed by atoms with Crippen molar-refractivity contribution in [3.05, 3.63) is 98.4 Å². The van der Waals surface area contributed by atoms with Crippen molar-refractivity contribution in [1.82, 2.24) is 15.6 Å². The summed E-state index contributed by atoms with van der Waals surface area (Å²) < 4.78 is 13.7. The Labute approximate surface area is 188 Å². The lowest BCUT2D eigenvalue weighted by atomic mass is 9.94. The van der Waals surface area contributed by atoms with Crippen LogP contribution in [0.5, 0.6) is 0 Å². The van der Waals surface area contributed by atoms with Gasteiger partial charge in [-0.25, -0.2) is 4.39 Å². The Morgan fingerprint density at radius 2 is 2.03 bits per heavy atom. The van der Waals surface area contributed by atoms with Gasteiger partial charge in [-0.05, 0) is 31.5 Å². The number of rotatable bonds is 5. The number of halogens is 2. The number of amidine groups is 1. The normalized spacial score (nSPS) is 17.0. The number of hydrogen-bond donors (Lipinski definition) is 2. The molecule has 4 rings (SSSR count). The van der Waals surface area contributed by atoms with Gasteiger partial charge in [0.1, 0.15) is 17.7 Å². The van der Waals surface area contributed by atoms with E-state index in [2.05, 4.69) is 15.6 Å². The van der Waals surface area contributed by atoms with Crippen LogP contribution in [0.4, 0.5) is 4.39 Å². The van der Waals surface area contributed by atoms with Gasteiger partial charge in [-0.3, -0.25) is 14.8 Å². The number of benzene rings is 2. The van der Waals surface area contributed by atoms with Gasteiger partial charge in [-0.2, -0.15) is 0 Å². The van der Waals surface area contributed by atoms with E-state index in [1.807, 2.05) is 44.2 Å². The SMILES string of the molecule is CC1=C(C(=O)NC(C)c2ccccc2)[C@H](c2ccc(F)cc2Cl)N=C(c2cncs2)N1. The second kappa shape index (κ2) is 8.99. The van der Waals surface area contributed by atoms with E-state index < -0.39 is 11.9 Å². The average molecular weight is 455 g/mol. The first-order valence-electron chi connectivity index (χ1n) is 9.69. The van der Waals surface area contributed by atoms with Crippen LogP contribution >= 0.6 is 22.9 Å². The third kappa shape index (κ3) is 4.52. The fraction of sp³-hybridized carbons (Fsp3) is 0.174. The van der Waals surface area contributed by atoms with Crippen molar-refractivity contribution in [2.24, 2.45) is 4.99 Å². The molecule has 0 spiro atoms. The standard InChI is InChI=1S/C23H20ClFN4OS/c1-13(15-6-4-3-5-7-15)28-23(30)20-14(2)27-22(19-11-26-12-31-19)29-21(20)17-9-8-16(25)10-18(17)24/h3-13,21H,1-2H3,(H,27,29)(H,28,30)/t13?,21-/m0/s1. The highest BCUT2D eigenvalue weighted by atomic mass is 35.5. The average Bonchev–Trinajstić information content (AvgIpc) is 3.28. The predicted molar refractivity (Wildman–Crippen MR) is 122 cm³/mol. The molecule has 0 saturated heterocycles. The molecule has 31 heavy (non-hydrogen) atoms. The second-order valence-electron chi connectivity index (χ2n) is 7.18. The monoisotopic (exact) mass is 454 g/mol. The van der Waals surface area contributed by atoms with E-state index in [1.54, 1.807) is 17.8 Å². The van der Waals surface area contributed by atoms with Gasteiger partial charge >= 0.3 is 0 Å². The van der Waals surface area contributed by atoms with Crippen LogP contribution in [-0.2, 0) is 4.79 Å². The number of aromatic nitrogens is 1. The molecule has 0 saturated carbocycles. The van der Waals surface area contributed by atoms with Crippen molar-refractivity contribution in [3.63, 3.8) is 0 Å². The summed E-state index contributed by atoms with van der Waals surface area (Å²) in [4.78, 5) is 23.0. The first kappa shape index (κ1) is 21.2. The molecular formula is C23H20ClFN4OS. The van der Waals surface area contributed by atoms with Gasteiger partial charge < -0.3 is 10.6 Å². The van der Waals surface area contributed by atoms with Gasteiger partial charge in [0.15, 0.2) is 0 Å². The van der Waals surface area contributed by atoms with Crippen LogP contribution in [0.15, 0.2) is 76.5 Å². The van der Waals surface area contributed by atoms with E-state index in [0.717, 1.165) is 10.4 Å². The van der Waals surface area contributed by atoms with Gasteiger partial charge in [0.05, 0.1) is 22.0 Å². The number of nitrogens with one attached hydrogen (secondary N) is 2. The molecule has 1 aromatic heterocycles. The topological polar surface area (TPSA) is 66.4 Å². The summed E-state index contributed by atoms with van der Waals surface area (Å²) in [6, 6.07) is 12.9. The number of carbonyl (C=O) groups is 1. The predicted octanol–water partition coefficient (Wildman–Crippen LogP) is 5.18. The van der Waals surface area contributed by atoms with E-state index in [-0.39, 0.29) is 17.0 Å². The molecule has 2 heterocycles. The first-order valence-corrected chi connectivity index (χ1v) is 10.9. The number of thiazole rings is 1. The van der Waals surface area contributed by atoms with Crippen molar-refractivity contribution in [2.45, 2.75) is 25.9 Å². The molecule has 5 nitrogen and oxygen atoms in total. The lowest BCUT2D eigenvalue weighted by Crippen LogP contribution is -2.37. The quantitative estimate of drug-likeness (QED) is 0.558. The molecule has 1 aliphatic rings.